The molecule has 0 unspecified atom stereocenters. The van der Waals surface area contributed by atoms with Gasteiger partial charge in [-0.3, -0.25) is 4.79 Å². The summed E-state index contributed by atoms with van der Waals surface area (Å²) >= 11 is 6.08. The highest BCUT2D eigenvalue weighted by atomic mass is 35.5. The van der Waals surface area contributed by atoms with Gasteiger partial charge in [0, 0.05) is 43.0 Å². The van der Waals surface area contributed by atoms with E-state index in [1.165, 1.54) is 18.2 Å². The number of nitrogens with one attached hydrogen (secondary N) is 1. The third-order valence-electron chi connectivity index (χ3n) is 4.50. The third-order valence-corrected chi connectivity index (χ3v) is 4.91. The first-order valence-electron chi connectivity index (χ1n) is 8.90. The lowest BCUT2D eigenvalue weighted by Crippen LogP contribution is -2.52. The highest BCUT2D eigenvalue weighted by Crippen LogP contribution is 2.20. The van der Waals surface area contributed by atoms with Gasteiger partial charge in [-0.2, -0.15) is 0 Å². The molecule has 2 aromatic rings. The maximum absolute atomic E-state index is 13.1. The molecule has 1 aliphatic heterocycles. The predicted octanol–water partition coefficient (Wildman–Crippen LogP) is 3.54. The van der Waals surface area contributed by atoms with Crippen LogP contribution in [0.15, 0.2) is 42.5 Å². The molecule has 0 bridgehead atoms. The number of piperazine rings is 1. The molecule has 0 atom stereocenters. The quantitative estimate of drug-likeness (QED) is 0.846. The van der Waals surface area contributed by atoms with Crippen LogP contribution >= 0.6 is 11.6 Å². The molecule has 0 saturated carbocycles. The SMILES string of the molecule is Cc1ccc(NC(=O)N2CCN(C(=O)COc3cccc(F)c3)CC2)cc1Cl. The number of halogens is 2. The van der Waals surface area contributed by atoms with Crippen LogP contribution in [0.2, 0.25) is 5.02 Å². The van der Waals surface area contributed by atoms with Crippen molar-refractivity contribution in [2.45, 2.75) is 6.92 Å². The van der Waals surface area contributed by atoms with Gasteiger partial charge in [-0.05, 0) is 36.8 Å². The Hall–Kier alpha value is -2.80. The van der Waals surface area contributed by atoms with Gasteiger partial charge in [-0.15, -0.1) is 0 Å². The Labute approximate surface area is 167 Å². The van der Waals surface area contributed by atoms with Gasteiger partial charge in [0.1, 0.15) is 11.6 Å². The average Bonchev–Trinajstić information content (AvgIpc) is 2.69. The zero-order valence-electron chi connectivity index (χ0n) is 15.5. The first-order chi connectivity index (χ1) is 13.4. The lowest BCUT2D eigenvalue weighted by Gasteiger charge is -2.34. The van der Waals surface area contributed by atoms with Crippen LogP contribution in [0.4, 0.5) is 14.9 Å². The number of amides is 3. The molecule has 1 N–H and O–H groups in total. The Morgan fingerprint density at radius 1 is 1.11 bits per heavy atom. The molecule has 148 valence electrons. The maximum atomic E-state index is 13.1. The molecule has 8 heteroatoms. The Bertz CT molecular complexity index is 870. The summed E-state index contributed by atoms with van der Waals surface area (Å²) in [6, 6.07) is 10.8. The lowest BCUT2D eigenvalue weighted by atomic mass is 10.2. The van der Waals surface area contributed by atoms with Gasteiger partial charge >= 0.3 is 6.03 Å². The summed E-state index contributed by atoms with van der Waals surface area (Å²) in [6.07, 6.45) is 0. The molecule has 2 aromatic carbocycles. The molecule has 1 fully saturated rings. The lowest BCUT2D eigenvalue weighted by molar-refractivity contribution is -0.134. The van der Waals surface area contributed by atoms with Crippen molar-refractivity contribution in [3.63, 3.8) is 0 Å². The van der Waals surface area contributed by atoms with Crippen molar-refractivity contribution in [1.29, 1.82) is 0 Å². The summed E-state index contributed by atoms with van der Waals surface area (Å²) in [4.78, 5) is 27.9. The number of aryl methyl sites for hydroxylation is 1. The van der Waals surface area contributed by atoms with E-state index in [4.69, 9.17) is 16.3 Å². The van der Waals surface area contributed by atoms with Crippen molar-refractivity contribution < 1.29 is 18.7 Å². The van der Waals surface area contributed by atoms with Crippen LogP contribution < -0.4 is 10.1 Å². The monoisotopic (exact) mass is 405 g/mol. The number of ether oxygens (including phenoxy) is 1. The highest BCUT2D eigenvalue weighted by Gasteiger charge is 2.24. The van der Waals surface area contributed by atoms with Gasteiger partial charge in [0.05, 0.1) is 0 Å². The van der Waals surface area contributed by atoms with E-state index >= 15 is 0 Å². The molecule has 0 radical (unpaired) electrons. The molecule has 1 saturated heterocycles. The van der Waals surface area contributed by atoms with Crippen LogP contribution in [0.1, 0.15) is 5.56 Å². The molecule has 1 aliphatic rings. The van der Waals surface area contributed by atoms with Crippen molar-refractivity contribution in [3.8, 4) is 5.75 Å². The molecular formula is C20H21ClFN3O3. The van der Waals surface area contributed by atoms with E-state index in [-0.39, 0.29) is 18.5 Å². The standard InChI is InChI=1S/C20H21ClFN3O3/c1-14-5-6-16(12-18(14)21)23-20(27)25-9-7-24(8-10-25)19(26)13-28-17-4-2-3-15(22)11-17/h2-6,11-12H,7-10,13H2,1H3,(H,23,27). The van der Waals surface area contributed by atoms with Gasteiger partial charge in [0.25, 0.3) is 5.91 Å². The summed E-state index contributed by atoms with van der Waals surface area (Å²) in [5, 5.41) is 3.40. The van der Waals surface area contributed by atoms with Crippen molar-refractivity contribution >= 4 is 29.2 Å². The average molecular weight is 406 g/mol. The Balaban J connectivity index is 1.46. The van der Waals surface area contributed by atoms with E-state index in [1.807, 2.05) is 13.0 Å². The van der Waals surface area contributed by atoms with Gasteiger partial charge in [-0.25, -0.2) is 9.18 Å². The zero-order chi connectivity index (χ0) is 20.1. The van der Waals surface area contributed by atoms with E-state index in [0.29, 0.717) is 42.6 Å². The number of nitrogens with zero attached hydrogens (tertiary/aromatic N) is 2. The fraction of sp³-hybridized carbons (Fsp3) is 0.300. The van der Waals surface area contributed by atoms with E-state index in [9.17, 15) is 14.0 Å². The summed E-state index contributed by atoms with van der Waals surface area (Å²) in [5.41, 5.74) is 1.56. The van der Waals surface area contributed by atoms with E-state index < -0.39 is 5.82 Å². The number of carbonyl (C=O) groups excluding carboxylic acids is 2. The molecule has 6 nitrogen and oxygen atoms in total. The van der Waals surface area contributed by atoms with Crippen molar-refractivity contribution in [3.05, 3.63) is 58.9 Å². The van der Waals surface area contributed by atoms with Crippen LogP contribution in [-0.4, -0.2) is 54.5 Å². The predicted molar refractivity (Wildman–Crippen MR) is 105 cm³/mol. The Morgan fingerprint density at radius 2 is 1.82 bits per heavy atom. The number of anilines is 1. The molecule has 1 heterocycles. The first-order valence-corrected chi connectivity index (χ1v) is 9.28. The zero-order valence-corrected chi connectivity index (χ0v) is 16.2. The highest BCUT2D eigenvalue weighted by molar-refractivity contribution is 6.31. The fourth-order valence-electron chi connectivity index (χ4n) is 2.83. The van der Waals surface area contributed by atoms with E-state index in [0.717, 1.165) is 5.56 Å². The van der Waals surface area contributed by atoms with Crippen molar-refractivity contribution in [2.75, 3.05) is 38.1 Å². The number of rotatable bonds is 4. The number of hydrogen-bond donors (Lipinski definition) is 1. The number of hydrogen-bond acceptors (Lipinski definition) is 3. The van der Waals surface area contributed by atoms with Crippen molar-refractivity contribution in [1.82, 2.24) is 9.80 Å². The smallest absolute Gasteiger partial charge is 0.321 e. The minimum atomic E-state index is -0.417. The van der Waals surface area contributed by atoms with Crippen LogP contribution in [0.25, 0.3) is 0 Å². The maximum Gasteiger partial charge on any atom is 0.321 e. The van der Waals surface area contributed by atoms with Crippen LogP contribution in [0.5, 0.6) is 5.75 Å². The molecule has 0 spiro atoms. The molecular weight excluding hydrogens is 385 g/mol. The first kappa shape index (κ1) is 19.9. The minimum absolute atomic E-state index is 0.169. The van der Waals surface area contributed by atoms with Crippen LogP contribution in [0, 0.1) is 12.7 Å². The summed E-state index contributed by atoms with van der Waals surface area (Å²) in [5.74, 6) is -0.308. The summed E-state index contributed by atoms with van der Waals surface area (Å²) < 4.78 is 18.5. The fourth-order valence-corrected chi connectivity index (χ4v) is 3.01. The number of carbonyl (C=O) groups is 2. The van der Waals surface area contributed by atoms with Gasteiger partial charge < -0.3 is 19.9 Å². The number of benzene rings is 2. The van der Waals surface area contributed by atoms with E-state index in [1.54, 1.807) is 28.0 Å². The van der Waals surface area contributed by atoms with Crippen LogP contribution in [-0.2, 0) is 4.79 Å². The molecule has 28 heavy (non-hydrogen) atoms. The van der Waals surface area contributed by atoms with Crippen LogP contribution in [0.3, 0.4) is 0 Å². The molecule has 0 aromatic heterocycles. The Kier molecular flexibility index (Phi) is 6.36. The Morgan fingerprint density at radius 3 is 2.50 bits per heavy atom. The summed E-state index contributed by atoms with van der Waals surface area (Å²) in [7, 11) is 0. The topological polar surface area (TPSA) is 61.9 Å². The van der Waals surface area contributed by atoms with Gasteiger partial charge in [0.2, 0.25) is 0 Å². The molecule has 3 amide bonds. The molecule has 3 rings (SSSR count). The normalized spacial score (nSPS) is 14.0. The second-order valence-electron chi connectivity index (χ2n) is 6.51. The summed E-state index contributed by atoms with van der Waals surface area (Å²) in [6.45, 7) is 3.37. The largest absolute Gasteiger partial charge is 0.484 e. The molecule has 0 aliphatic carbocycles. The van der Waals surface area contributed by atoms with Crippen molar-refractivity contribution in [2.24, 2.45) is 0 Å². The number of urea groups is 1. The van der Waals surface area contributed by atoms with E-state index in [2.05, 4.69) is 5.32 Å². The second kappa shape index (κ2) is 8.93. The minimum Gasteiger partial charge on any atom is -0.484 e. The third kappa shape index (κ3) is 5.13. The van der Waals surface area contributed by atoms with Gasteiger partial charge in [0.15, 0.2) is 6.61 Å². The second-order valence-corrected chi connectivity index (χ2v) is 6.92. The van der Waals surface area contributed by atoms with Gasteiger partial charge in [-0.1, -0.05) is 23.7 Å².